The number of hydrogen-bond acceptors (Lipinski definition) is 5. The van der Waals surface area contributed by atoms with Crippen molar-refractivity contribution in [3.8, 4) is 11.5 Å². The van der Waals surface area contributed by atoms with Crippen molar-refractivity contribution in [1.82, 2.24) is 5.16 Å². The number of ether oxygens (including phenoxy) is 2. The molecule has 0 fully saturated rings. The summed E-state index contributed by atoms with van der Waals surface area (Å²) < 4.78 is 14.9. The molecule has 6 heteroatoms. The highest BCUT2D eigenvalue weighted by atomic mass is 16.5. The third-order valence-corrected chi connectivity index (χ3v) is 2.35. The van der Waals surface area contributed by atoms with Crippen LogP contribution in [-0.4, -0.2) is 25.3 Å². The lowest BCUT2D eigenvalue weighted by Gasteiger charge is -2.10. The average molecular weight is 248 g/mol. The van der Waals surface area contributed by atoms with Crippen LogP contribution >= 0.6 is 0 Å². The average Bonchev–Trinajstić information content (AvgIpc) is 2.92. The first kappa shape index (κ1) is 12.0. The van der Waals surface area contributed by atoms with Gasteiger partial charge in [-0.05, 0) is 12.1 Å². The summed E-state index contributed by atoms with van der Waals surface area (Å²) in [5.74, 6) is 0.833. The first-order valence-electron chi connectivity index (χ1n) is 5.17. The van der Waals surface area contributed by atoms with E-state index in [1.807, 2.05) is 0 Å². The Kier molecular flexibility index (Phi) is 3.47. The Balaban J connectivity index is 2.24. The molecular weight excluding hydrogens is 236 g/mol. The fourth-order valence-electron chi connectivity index (χ4n) is 1.42. The van der Waals surface area contributed by atoms with E-state index in [1.165, 1.54) is 19.6 Å². The maximum absolute atomic E-state index is 11.8. The molecule has 0 radical (unpaired) electrons. The summed E-state index contributed by atoms with van der Waals surface area (Å²) in [4.78, 5) is 11.8. The van der Waals surface area contributed by atoms with E-state index in [2.05, 4.69) is 15.0 Å². The molecule has 0 saturated heterocycles. The van der Waals surface area contributed by atoms with E-state index in [4.69, 9.17) is 9.47 Å². The summed E-state index contributed by atoms with van der Waals surface area (Å²) in [7, 11) is 3.07. The van der Waals surface area contributed by atoms with Crippen LogP contribution in [0.5, 0.6) is 11.5 Å². The van der Waals surface area contributed by atoms with Gasteiger partial charge in [-0.15, -0.1) is 0 Å². The van der Waals surface area contributed by atoms with Gasteiger partial charge in [-0.3, -0.25) is 4.79 Å². The fraction of sp³-hybridized carbons (Fsp3) is 0.167. The molecule has 1 aromatic heterocycles. The smallest absolute Gasteiger partial charge is 0.260 e. The molecule has 0 bridgehead atoms. The van der Waals surface area contributed by atoms with Gasteiger partial charge in [0.25, 0.3) is 5.91 Å². The van der Waals surface area contributed by atoms with E-state index in [1.54, 1.807) is 25.3 Å². The molecule has 1 aromatic carbocycles. The van der Waals surface area contributed by atoms with Crippen LogP contribution in [-0.2, 0) is 0 Å². The second kappa shape index (κ2) is 5.22. The third kappa shape index (κ3) is 2.42. The molecule has 0 unspecified atom stereocenters. The highest BCUT2D eigenvalue weighted by Crippen LogP contribution is 2.29. The number of hydrogen-bond donors (Lipinski definition) is 1. The third-order valence-electron chi connectivity index (χ3n) is 2.35. The Labute approximate surface area is 103 Å². The topological polar surface area (TPSA) is 73.6 Å². The van der Waals surface area contributed by atoms with Crippen molar-refractivity contribution in [2.45, 2.75) is 0 Å². The first-order valence-corrected chi connectivity index (χ1v) is 5.17. The van der Waals surface area contributed by atoms with E-state index in [9.17, 15) is 4.79 Å². The van der Waals surface area contributed by atoms with Crippen LogP contribution in [0.4, 0.5) is 5.69 Å². The summed E-state index contributed by atoms with van der Waals surface area (Å²) in [6.07, 6.45) is 2.60. The van der Waals surface area contributed by atoms with Crippen molar-refractivity contribution in [1.29, 1.82) is 0 Å². The number of nitrogens with zero attached hydrogens (tertiary/aromatic N) is 1. The fourth-order valence-corrected chi connectivity index (χ4v) is 1.42. The second-order valence-corrected chi connectivity index (χ2v) is 3.43. The molecule has 0 aliphatic rings. The summed E-state index contributed by atoms with van der Waals surface area (Å²) in [5, 5.41) is 6.16. The lowest BCUT2D eigenvalue weighted by molar-refractivity contribution is 0.102. The van der Waals surface area contributed by atoms with Gasteiger partial charge in [-0.2, -0.15) is 0 Å². The van der Waals surface area contributed by atoms with Gasteiger partial charge in [0.1, 0.15) is 17.8 Å². The Bertz CT molecular complexity index is 537. The van der Waals surface area contributed by atoms with E-state index in [0.29, 0.717) is 22.7 Å². The van der Waals surface area contributed by atoms with Gasteiger partial charge in [0.15, 0.2) is 0 Å². The highest BCUT2D eigenvalue weighted by Gasteiger charge is 2.12. The Morgan fingerprint density at radius 2 is 2.17 bits per heavy atom. The van der Waals surface area contributed by atoms with Crippen LogP contribution in [0, 0.1) is 0 Å². The predicted octanol–water partition coefficient (Wildman–Crippen LogP) is 1.94. The van der Waals surface area contributed by atoms with Gasteiger partial charge in [0, 0.05) is 6.07 Å². The summed E-state index contributed by atoms with van der Waals surface area (Å²) in [5.41, 5.74) is 0.850. The van der Waals surface area contributed by atoms with Crippen LogP contribution in [0.1, 0.15) is 10.4 Å². The molecule has 1 N–H and O–H groups in total. The van der Waals surface area contributed by atoms with Gasteiger partial charge < -0.3 is 19.3 Å². The number of amides is 1. The minimum Gasteiger partial charge on any atom is -0.497 e. The number of methoxy groups -OCH3 is 2. The zero-order chi connectivity index (χ0) is 13.0. The van der Waals surface area contributed by atoms with Crippen LogP contribution in [0.3, 0.4) is 0 Å². The Morgan fingerprint density at radius 1 is 1.33 bits per heavy atom. The molecule has 18 heavy (non-hydrogen) atoms. The molecule has 2 rings (SSSR count). The highest BCUT2D eigenvalue weighted by molar-refractivity contribution is 6.04. The van der Waals surface area contributed by atoms with E-state index in [-0.39, 0.29) is 5.91 Å². The van der Waals surface area contributed by atoms with Crippen molar-refractivity contribution in [2.24, 2.45) is 0 Å². The molecule has 0 spiro atoms. The number of anilines is 1. The van der Waals surface area contributed by atoms with Gasteiger partial charge in [-0.25, -0.2) is 0 Å². The zero-order valence-electron chi connectivity index (χ0n) is 9.97. The lowest BCUT2D eigenvalue weighted by Crippen LogP contribution is -2.11. The van der Waals surface area contributed by atoms with E-state index < -0.39 is 0 Å². The minimum absolute atomic E-state index is 0.331. The number of rotatable bonds is 4. The lowest BCUT2D eigenvalue weighted by atomic mass is 10.2. The SMILES string of the molecule is COc1ccc(OC)c(NC(=O)c2cnoc2)c1. The summed E-state index contributed by atoms with van der Waals surface area (Å²) in [6, 6.07) is 5.13. The van der Waals surface area contributed by atoms with Gasteiger partial charge in [0.05, 0.1) is 31.7 Å². The van der Waals surface area contributed by atoms with Gasteiger partial charge >= 0.3 is 0 Å². The van der Waals surface area contributed by atoms with Crippen molar-refractivity contribution in [3.05, 3.63) is 36.2 Å². The van der Waals surface area contributed by atoms with Crippen molar-refractivity contribution < 1.29 is 18.8 Å². The summed E-state index contributed by atoms with van der Waals surface area (Å²) >= 11 is 0. The molecule has 6 nitrogen and oxygen atoms in total. The number of aromatic nitrogens is 1. The predicted molar refractivity (Wildman–Crippen MR) is 64.0 cm³/mol. The van der Waals surface area contributed by atoms with Crippen molar-refractivity contribution in [3.63, 3.8) is 0 Å². The van der Waals surface area contributed by atoms with E-state index in [0.717, 1.165) is 0 Å². The van der Waals surface area contributed by atoms with Crippen LogP contribution in [0.15, 0.2) is 35.2 Å². The quantitative estimate of drug-likeness (QED) is 0.895. The number of carbonyl (C=O) groups excluding carboxylic acids is 1. The largest absolute Gasteiger partial charge is 0.497 e. The molecule has 2 aromatic rings. The second-order valence-electron chi connectivity index (χ2n) is 3.43. The molecule has 1 amide bonds. The minimum atomic E-state index is -0.331. The molecule has 94 valence electrons. The zero-order valence-corrected chi connectivity index (χ0v) is 9.97. The number of carbonyl (C=O) groups is 1. The van der Waals surface area contributed by atoms with Crippen molar-refractivity contribution >= 4 is 11.6 Å². The summed E-state index contributed by atoms with van der Waals surface area (Å²) in [6.45, 7) is 0. The van der Waals surface area contributed by atoms with Crippen LogP contribution in [0.2, 0.25) is 0 Å². The maximum Gasteiger partial charge on any atom is 0.260 e. The number of benzene rings is 1. The molecule has 0 aliphatic heterocycles. The Hall–Kier alpha value is -2.50. The normalized spacial score (nSPS) is 9.89. The van der Waals surface area contributed by atoms with Crippen LogP contribution < -0.4 is 14.8 Å². The van der Waals surface area contributed by atoms with Crippen LogP contribution in [0.25, 0.3) is 0 Å². The Morgan fingerprint density at radius 3 is 2.78 bits per heavy atom. The molecule has 0 aliphatic carbocycles. The van der Waals surface area contributed by atoms with E-state index >= 15 is 0 Å². The standard InChI is InChI=1S/C12H12N2O4/c1-16-9-3-4-11(17-2)10(5-9)14-12(15)8-6-13-18-7-8/h3-7H,1-2H3,(H,14,15). The first-order chi connectivity index (χ1) is 8.74. The van der Waals surface area contributed by atoms with Gasteiger partial charge in [0.2, 0.25) is 0 Å². The monoisotopic (exact) mass is 248 g/mol. The maximum atomic E-state index is 11.8. The van der Waals surface area contributed by atoms with Crippen molar-refractivity contribution in [2.75, 3.05) is 19.5 Å². The van der Waals surface area contributed by atoms with Gasteiger partial charge in [-0.1, -0.05) is 5.16 Å². The molecule has 0 atom stereocenters. The molecule has 1 heterocycles. The number of nitrogens with one attached hydrogen (secondary N) is 1. The molecular formula is C12H12N2O4. The molecule has 0 saturated carbocycles.